The molecule has 0 saturated carbocycles. The van der Waals surface area contributed by atoms with Gasteiger partial charge in [-0.3, -0.25) is 4.79 Å². The monoisotopic (exact) mass is 253 g/mol. The second kappa shape index (κ2) is 5.04. The van der Waals surface area contributed by atoms with E-state index in [2.05, 4.69) is 20.8 Å². The third-order valence-corrected chi connectivity index (χ3v) is 3.41. The first kappa shape index (κ1) is 15.2. The van der Waals surface area contributed by atoms with Crippen LogP contribution >= 0.6 is 0 Å². The fourth-order valence-corrected chi connectivity index (χ4v) is 2.46. The van der Waals surface area contributed by atoms with Gasteiger partial charge in [-0.15, -0.1) is 0 Å². The third kappa shape index (κ3) is 3.35. The quantitative estimate of drug-likeness (QED) is 0.706. The fourth-order valence-electron chi connectivity index (χ4n) is 2.46. The number of carbonyl (C=O) groups is 1. The van der Waals surface area contributed by atoms with E-state index in [1.165, 1.54) is 0 Å². The first-order valence-electron chi connectivity index (χ1n) is 6.69. The van der Waals surface area contributed by atoms with Crippen LogP contribution in [0.1, 0.15) is 54.9 Å². The first-order chi connectivity index (χ1) is 8.08. The number of hydrogen-bond acceptors (Lipinski definition) is 2. The van der Waals surface area contributed by atoms with E-state index < -0.39 is 5.72 Å². The van der Waals surface area contributed by atoms with Crippen LogP contribution in [0.2, 0.25) is 0 Å². The molecule has 18 heavy (non-hydrogen) atoms. The molecule has 3 heteroatoms. The SMILES string of the molecule is C/C=C(\C)C(=O)N1[C@@H](CC(C)(C)C)COC1(C)C. The van der Waals surface area contributed by atoms with Gasteiger partial charge >= 0.3 is 0 Å². The van der Waals surface area contributed by atoms with Gasteiger partial charge in [0.2, 0.25) is 0 Å². The normalized spacial score (nSPS) is 24.5. The molecule has 104 valence electrons. The molecule has 0 aromatic rings. The van der Waals surface area contributed by atoms with Crippen molar-refractivity contribution < 1.29 is 9.53 Å². The number of hydrogen-bond donors (Lipinski definition) is 0. The molecule has 1 fully saturated rings. The Balaban J connectivity index is 2.97. The van der Waals surface area contributed by atoms with Crippen molar-refractivity contribution in [3.63, 3.8) is 0 Å². The van der Waals surface area contributed by atoms with Gasteiger partial charge in [0.15, 0.2) is 0 Å². The molecule has 1 atom stereocenters. The minimum absolute atomic E-state index is 0.0919. The van der Waals surface area contributed by atoms with Gasteiger partial charge in [-0.05, 0) is 39.5 Å². The highest BCUT2D eigenvalue weighted by atomic mass is 16.5. The first-order valence-corrected chi connectivity index (χ1v) is 6.69. The van der Waals surface area contributed by atoms with E-state index in [-0.39, 0.29) is 17.4 Å². The van der Waals surface area contributed by atoms with Crippen molar-refractivity contribution in [1.82, 2.24) is 4.90 Å². The molecule has 1 aliphatic rings. The summed E-state index contributed by atoms with van der Waals surface area (Å²) in [5, 5.41) is 0. The molecule has 1 aliphatic heterocycles. The van der Waals surface area contributed by atoms with E-state index in [4.69, 9.17) is 4.74 Å². The van der Waals surface area contributed by atoms with Crippen LogP contribution in [-0.4, -0.2) is 29.2 Å². The highest BCUT2D eigenvalue weighted by Crippen LogP contribution is 2.34. The summed E-state index contributed by atoms with van der Waals surface area (Å²) in [6.07, 6.45) is 2.82. The predicted octanol–water partition coefficient (Wildman–Crippen LogP) is 3.35. The van der Waals surface area contributed by atoms with E-state index in [9.17, 15) is 4.79 Å². The Labute approximate surface area is 111 Å². The maximum absolute atomic E-state index is 12.5. The summed E-state index contributed by atoms with van der Waals surface area (Å²) in [5.41, 5.74) is 0.473. The van der Waals surface area contributed by atoms with Crippen LogP contribution in [0.3, 0.4) is 0 Å². The number of ether oxygens (including phenoxy) is 1. The smallest absolute Gasteiger partial charge is 0.251 e. The van der Waals surface area contributed by atoms with E-state index in [1.807, 2.05) is 38.7 Å². The van der Waals surface area contributed by atoms with Gasteiger partial charge < -0.3 is 9.64 Å². The van der Waals surface area contributed by atoms with Crippen LogP contribution in [0.4, 0.5) is 0 Å². The van der Waals surface area contributed by atoms with Gasteiger partial charge in [-0.25, -0.2) is 0 Å². The van der Waals surface area contributed by atoms with Crippen molar-refractivity contribution in [2.24, 2.45) is 5.41 Å². The van der Waals surface area contributed by atoms with Gasteiger partial charge in [0.1, 0.15) is 5.72 Å². The van der Waals surface area contributed by atoms with Crippen molar-refractivity contribution in [3.05, 3.63) is 11.6 Å². The van der Waals surface area contributed by atoms with Crippen molar-refractivity contribution in [2.75, 3.05) is 6.61 Å². The molecule has 1 saturated heterocycles. The van der Waals surface area contributed by atoms with Crippen molar-refractivity contribution in [3.8, 4) is 0 Å². The van der Waals surface area contributed by atoms with Crippen LogP contribution in [-0.2, 0) is 9.53 Å². The summed E-state index contributed by atoms with van der Waals surface area (Å²) < 4.78 is 5.81. The molecule has 0 N–H and O–H groups in total. The third-order valence-electron chi connectivity index (χ3n) is 3.41. The summed E-state index contributed by atoms with van der Waals surface area (Å²) >= 11 is 0. The zero-order chi connectivity index (χ0) is 14.1. The molecule has 0 aromatic carbocycles. The molecular weight excluding hydrogens is 226 g/mol. The van der Waals surface area contributed by atoms with Crippen LogP contribution < -0.4 is 0 Å². The minimum atomic E-state index is -0.503. The van der Waals surface area contributed by atoms with Gasteiger partial charge in [0, 0.05) is 5.57 Å². The minimum Gasteiger partial charge on any atom is -0.354 e. The van der Waals surface area contributed by atoms with E-state index in [0.717, 1.165) is 12.0 Å². The number of allylic oxidation sites excluding steroid dienone is 1. The molecule has 1 rings (SSSR count). The molecule has 0 unspecified atom stereocenters. The Kier molecular flexibility index (Phi) is 4.26. The van der Waals surface area contributed by atoms with Crippen LogP contribution in [0, 0.1) is 5.41 Å². The lowest BCUT2D eigenvalue weighted by atomic mass is 9.87. The zero-order valence-corrected chi connectivity index (χ0v) is 12.8. The average molecular weight is 253 g/mol. The van der Waals surface area contributed by atoms with Gasteiger partial charge in [0.25, 0.3) is 5.91 Å². The highest BCUT2D eigenvalue weighted by molar-refractivity contribution is 5.93. The number of carbonyl (C=O) groups excluding carboxylic acids is 1. The maximum Gasteiger partial charge on any atom is 0.251 e. The van der Waals surface area contributed by atoms with Crippen LogP contribution in [0.15, 0.2) is 11.6 Å². The standard InChI is InChI=1S/C15H27NO2/c1-8-11(2)13(17)16-12(9-14(3,4)5)10-18-15(16,6)7/h8,12H,9-10H2,1-7H3/b11-8+/t12-/m0/s1. The van der Waals surface area contributed by atoms with Crippen molar-refractivity contribution in [1.29, 1.82) is 0 Å². The molecular formula is C15H27NO2. The van der Waals surface area contributed by atoms with E-state index >= 15 is 0 Å². The average Bonchev–Trinajstić information content (AvgIpc) is 2.49. The van der Waals surface area contributed by atoms with Crippen molar-refractivity contribution in [2.45, 2.75) is 66.7 Å². The summed E-state index contributed by atoms with van der Waals surface area (Å²) in [5.74, 6) is 0.0919. The Hall–Kier alpha value is -0.830. The second-order valence-electron chi connectivity index (χ2n) is 6.82. The Morgan fingerprint density at radius 3 is 2.44 bits per heavy atom. The zero-order valence-electron chi connectivity index (χ0n) is 12.8. The molecule has 1 amide bonds. The van der Waals surface area contributed by atoms with E-state index in [1.54, 1.807) is 0 Å². The maximum atomic E-state index is 12.5. The molecule has 0 spiro atoms. The number of rotatable bonds is 2. The van der Waals surface area contributed by atoms with Crippen LogP contribution in [0.25, 0.3) is 0 Å². The number of nitrogens with zero attached hydrogens (tertiary/aromatic N) is 1. The summed E-state index contributed by atoms with van der Waals surface area (Å²) in [4.78, 5) is 14.4. The molecule has 3 nitrogen and oxygen atoms in total. The second-order valence-corrected chi connectivity index (χ2v) is 6.82. The summed E-state index contributed by atoms with van der Waals surface area (Å²) in [7, 11) is 0. The Morgan fingerprint density at radius 2 is 2.00 bits per heavy atom. The lowest BCUT2D eigenvalue weighted by Crippen LogP contribution is -2.49. The fraction of sp³-hybridized carbons (Fsp3) is 0.800. The molecule has 0 aliphatic carbocycles. The Morgan fingerprint density at radius 1 is 1.44 bits per heavy atom. The molecule has 1 heterocycles. The van der Waals surface area contributed by atoms with Gasteiger partial charge in [0.05, 0.1) is 12.6 Å². The summed E-state index contributed by atoms with van der Waals surface area (Å²) in [6, 6.07) is 0.169. The van der Waals surface area contributed by atoms with Gasteiger partial charge in [-0.1, -0.05) is 26.8 Å². The molecule has 0 aromatic heterocycles. The predicted molar refractivity (Wildman–Crippen MR) is 74.2 cm³/mol. The van der Waals surface area contributed by atoms with Crippen LogP contribution in [0.5, 0.6) is 0 Å². The summed E-state index contributed by atoms with van der Waals surface area (Å²) in [6.45, 7) is 14.9. The molecule has 0 bridgehead atoms. The Bertz CT molecular complexity index is 350. The number of amides is 1. The van der Waals surface area contributed by atoms with E-state index in [0.29, 0.717) is 6.61 Å². The highest BCUT2D eigenvalue weighted by Gasteiger charge is 2.44. The van der Waals surface area contributed by atoms with Gasteiger partial charge in [-0.2, -0.15) is 0 Å². The van der Waals surface area contributed by atoms with Crippen molar-refractivity contribution >= 4 is 5.91 Å². The topological polar surface area (TPSA) is 29.5 Å². The lowest BCUT2D eigenvalue weighted by molar-refractivity contribution is -0.142. The lowest BCUT2D eigenvalue weighted by Gasteiger charge is -2.36. The largest absolute Gasteiger partial charge is 0.354 e. The molecule has 0 radical (unpaired) electrons.